The van der Waals surface area contributed by atoms with Gasteiger partial charge in [-0.25, -0.2) is 0 Å². The molecule has 2 rings (SSSR count). The third-order valence-electron chi connectivity index (χ3n) is 2.98. The second kappa shape index (κ2) is 4.18. The minimum Gasteiger partial charge on any atom is -0.389 e. The van der Waals surface area contributed by atoms with Gasteiger partial charge in [0.25, 0.3) is 0 Å². The minimum atomic E-state index is -0.497. The zero-order chi connectivity index (χ0) is 10.9. The van der Waals surface area contributed by atoms with Crippen molar-refractivity contribution in [3.63, 3.8) is 0 Å². The van der Waals surface area contributed by atoms with Gasteiger partial charge in [-0.2, -0.15) is 16.9 Å². The molecule has 4 heteroatoms. The summed E-state index contributed by atoms with van der Waals surface area (Å²) < 4.78 is 1.90. The molecular weight excluding hydrogens is 208 g/mol. The average Bonchev–Trinajstić information content (AvgIpc) is 2.75. The third-order valence-corrected chi connectivity index (χ3v) is 4.22. The number of aromatic nitrogens is 2. The highest BCUT2D eigenvalue weighted by atomic mass is 32.2. The van der Waals surface area contributed by atoms with Gasteiger partial charge >= 0.3 is 0 Å². The molecule has 1 fully saturated rings. The molecule has 15 heavy (non-hydrogen) atoms. The van der Waals surface area contributed by atoms with Crippen molar-refractivity contribution in [2.75, 3.05) is 11.5 Å². The van der Waals surface area contributed by atoms with Crippen LogP contribution in [0, 0.1) is 0 Å². The van der Waals surface area contributed by atoms with Crippen LogP contribution in [0.1, 0.15) is 24.7 Å². The van der Waals surface area contributed by atoms with Crippen LogP contribution in [0.25, 0.3) is 0 Å². The molecule has 0 aliphatic carbocycles. The fraction of sp³-hybridized carbons (Fsp3) is 0.727. The Morgan fingerprint density at radius 1 is 1.67 bits per heavy atom. The second-order valence-electron chi connectivity index (χ2n) is 4.31. The van der Waals surface area contributed by atoms with Crippen LogP contribution >= 0.6 is 11.8 Å². The smallest absolute Gasteiger partial charge is 0.0800 e. The predicted molar refractivity (Wildman–Crippen MR) is 63.2 cm³/mol. The molecule has 1 aliphatic rings. The molecule has 1 atom stereocenters. The maximum absolute atomic E-state index is 10.3. The Morgan fingerprint density at radius 2 is 2.47 bits per heavy atom. The Bertz CT molecular complexity index is 342. The fourth-order valence-electron chi connectivity index (χ4n) is 1.98. The van der Waals surface area contributed by atoms with E-state index in [-0.39, 0.29) is 0 Å². The summed E-state index contributed by atoms with van der Waals surface area (Å²) >= 11 is 1.84. The van der Waals surface area contributed by atoms with Gasteiger partial charge in [0.05, 0.1) is 11.3 Å². The maximum atomic E-state index is 10.3. The first-order valence-corrected chi connectivity index (χ1v) is 6.60. The molecule has 0 bridgehead atoms. The van der Waals surface area contributed by atoms with Crippen molar-refractivity contribution in [1.82, 2.24) is 9.78 Å². The largest absolute Gasteiger partial charge is 0.389 e. The van der Waals surface area contributed by atoms with Crippen LogP contribution in [0.2, 0.25) is 0 Å². The molecule has 84 valence electrons. The van der Waals surface area contributed by atoms with Crippen molar-refractivity contribution >= 4 is 11.8 Å². The molecule has 2 heterocycles. The van der Waals surface area contributed by atoms with Crippen molar-refractivity contribution in [2.24, 2.45) is 7.05 Å². The highest BCUT2D eigenvalue weighted by Gasteiger charge is 2.32. The number of aryl methyl sites for hydroxylation is 2. The van der Waals surface area contributed by atoms with Crippen molar-refractivity contribution in [3.8, 4) is 0 Å². The minimum absolute atomic E-state index is 0.497. The molecule has 1 saturated heterocycles. The van der Waals surface area contributed by atoms with Gasteiger partial charge in [-0.05, 0) is 24.7 Å². The van der Waals surface area contributed by atoms with Gasteiger partial charge in [-0.1, -0.05) is 6.92 Å². The number of nitrogens with zero attached hydrogens (tertiary/aromatic N) is 2. The molecule has 1 aromatic heterocycles. The molecule has 1 N–H and O–H groups in total. The maximum Gasteiger partial charge on any atom is 0.0800 e. The van der Waals surface area contributed by atoms with E-state index in [1.807, 2.05) is 23.5 Å². The standard InChI is InChI=1S/C11H18N2OS/c1-3-9-6-10(13(2)12-9)7-11(14)4-5-15-8-11/h6,14H,3-5,7-8H2,1-2H3. The van der Waals surface area contributed by atoms with Gasteiger partial charge in [-0.3, -0.25) is 4.68 Å². The van der Waals surface area contributed by atoms with Gasteiger partial charge in [0.15, 0.2) is 0 Å². The zero-order valence-corrected chi connectivity index (χ0v) is 10.2. The molecule has 1 aliphatic heterocycles. The summed E-state index contributed by atoms with van der Waals surface area (Å²) in [5.74, 6) is 1.94. The zero-order valence-electron chi connectivity index (χ0n) is 9.36. The number of hydrogen-bond donors (Lipinski definition) is 1. The topological polar surface area (TPSA) is 38.0 Å². The highest BCUT2D eigenvalue weighted by molar-refractivity contribution is 7.99. The predicted octanol–water partition coefficient (Wildman–Crippen LogP) is 1.39. The van der Waals surface area contributed by atoms with Gasteiger partial charge in [0.1, 0.15) is 0 Å². The summed E-state index contributed by atoms with van der Waals surface area (Å²) in [6.07, 6.45) is 2.61. The molecule has 0 aromatic carbocycles. The molecular formula is C11H18N2OS. The molecule has 0 amide bonds. The van der Waals surface area contributed by atoms with Crippen LogP contribution in [-0.4, -0.2) is 32.0 Å². The molecule has 1 unspecified atom stereocenters. The van der Waals surface area contributed by atoms with Crippen LogP contribution in [0.3, 0.4) is 0 Å². The van der Waals surface area contributed by atoms with Gasteiger partial charge in [-0.15, -0.1) is 0 Å². The Labute approximate surface area is 94.9 Å². The number of thioether (sulfide) groups is 1. The Kier molecular flexibility index (Phi) is 3.07. The lowest BCUT2D eigenvalue weighted by molar-refractivity contribution is 0.0666. The van der Waals surface area contributed by atoms with Crippen LogP contribution in [0.15, 0.2) is 6.07 Å². The summed E-state index contributed by atoms with van der Waals surface area (Å²) in [5.41, 5.74) is 1.77. The molecule has 0 radical (unpaired) electrons. The lowest BCUT2D eigenvalue weighted by Gasteiger charge is -2.20. The van der Waals surface area contributed by atoms with Crippen LogP contribution in [0.5, 0.6) is 0 Å². The van der Waals surface area contributed by atoms with Crippen molar-refractivity contribution in [3.05, 3.63) is 17.5 Å². The Morgan fingerprint density at radius 3 is 3.00 bits per heavy atom. The Hall–Kier alpha value is -0.480. The van der Waals surface area contributed by atoms with Crippen LogP contribution < -0.4 is 0 Å². The van der Waals surface area contributed by atoms with E-state index >= 15 is 0 Å². The highest BCUT2D eigenvalue weighted by Crippen LogP contribution is 2.30. The van der Waals surface area contributed by atoms with Crippen LogP contribution in [-0.2, 0) is 19.9 Å². The summed E-state index contributed by atoms with van der Waals surface area (Å²) in [7, 11) is 1.96. The van der Waals surface area contributed by atoms with E-state index in [0.717, 1.165) is 42.2 Å². The third kappa shape index (κ3) is 2.37. The number of aliphatic hydroxyl groups is 1. The van der Waals surface area contributed by atoms with E-state index in [2.05, 4.69) is 18.1 Å². The summed E-state index contributed by atoms with van der Waals surface area (Å²) in [4.78, 5) is 0. The van der Waals surface area contributed by atoms with Crippen LogP contribution in [0.4, 0.5) is 0 Å². The van der Waals surface area contributed by atoms with E-state index in [1.165, 1.54) is 0 Å². The lowest BCUT2D eigenvalue weighted by atomic mass is 9.97. The van der Waals surface area contributed by atoms with Gasteiger partial charge in [0.2, 0.25) is 0 Å². The first kappa shape index (κ1) is 11.0. The van der Waals surface area contributed by atoms with Crippen molar-refractivity contribution in [1.29, 1.82) is 0 Å². The molecule has 0 spiro atoms. The van der Waals surface area contributed by atoms with E-state index in [1.54, 1.807) is 0 Å². The van der Waals surface area contributed by atoms with Crippen molar-refractivity contribution in [2.45, 2.75) is 31.8 Å². The van der Waals surface area contributed by atoms with Gasteiger partial charge < -0.3 is 5.11 Å². The summed E-state index contributed by atoms with van der Waals surface area (Å²) in [6, 6.07) is 2.11. The number of hydrogen-bond acceptors (Lipinski definition) is 3. The van der Waals surface area contributed by atoms with E-state index in [9.17, 15) is 5.11 Å². The SMILES string of the molecule is CCc1cc(CC2(O)CCSC2)n(C)n1. The molecule has 1 aromatic rings. The first-order chi connectivity index (χ1) is 7.13. The average molecular weight is 226 g/mol. The molecule has 0 saturated carbocycles. The summed E-state index contributed by atoms with van der Waals surface area (Å²) in [6.45, 7) is 2.10. The van der Waals surface area contributed by atoms with Crippen molar-refractivity contribution < 1.29 is 5.11 Å². The normalized spacial score (nSPS) is 26.1. The lowest BCUT2D eigenvalue weighted by Crippen LogP contribution is -2.31. The van der Waals surface area contributed by atoms with E-state index in [4.69, 9.17) is 0 Å². The molecule has 3 nitrogen and oxygen atoms in total. The fourth-order valence-corrected chi connectivity index (χ4v) is 3.28. The number of rotatable bonds is 3. The monoisotopic (exact) mass is 226 g/mol. The first-order valence-electron chi connectivity index (χ1n) is 5.45. The summed E-state index contributed by atoms with van der Waals surface area (Å²) in [5, 5.41) is 14.7. The quantitative estimate of drug-likeness (QED) is 0.846. The van der Waals surface area contributed by atoms with E-state index in [0.29, 0.717) is 0 Å². The van der Waals surface area contributed by atoms with E-state index < -0.39 is 5.60 Å². The Balaban J connectivity index is 2.12. The van der Waals surface area contributed by atoms with Gasteiger partial charge in [0, 0.05) is 24.9 Å². The second-order valence-corrected chi connectivity index (χ2v) is 5.41.